The maximum Gasteiger partial charge on any atom is 0.118 e. The molecule has 0 amide bonds. The van der Waals surface area contributed by atoms with Crippen LogP contribution in [-0.4, -0.2) is 19.2 Å². The van der Waals surface area contributed by atoms with E-state index in [9.17, 15) is 0 Å². The number of benzene rings is 6. The second kappa shape index (κ2) is 15.2. The first-order chi connectivity index (χ1) is 24.7. The van der Waals surface area contributed by atoms with Gasteiger partial charge < -0.3 is 9.47 Å². The minimum Gasteiger partial charge on any atom is -0.497 e. The summed E-state index contributed by atoms with van der Waals surface area (Å²) in [5.74, 6) is 1.60. The number of nitrogens with zero attached hydrogens (tertiary/aromatic N) is 1. The zero-order valence-corrected chi connectivity index (χ0v) is 28.2. The van der Waals surface area contributed by atoms with Crippen LogP contribution in [0.25, 0.3) is 22.3 Å². The van der Waals surface area contributed by atoms with Crippen molar-refractivity contribution in [2.45, 2.75) is 0 Å². The second-order valence-electron chi connectivity index (χ2n) is 11.8. The quantitative estimate of drug-likeness (QED) is 0.138. The zero-order valence-electron chi connectivity index (χ0n) is 28.2. The standard InChI is InChI=1S/C47H37NO2/c1-49-40-30-26-38(27-31-40)46(44(34-16-7-3-8-17-34)35-18-9-4-10-19-35)42-24-15-25-43(48-42)47(39-28-32-41(50-2)33-29-39)45(36-20-11-5-12-21-36)37-22-13-6-14-23-37/h3-33H,1-2H3. The van der Waals surface area contributed by atoms with E-state index in [0.717, 1.165) is 78.6 Å². The first kappa shape index (κ1) is 32.1. The lowest BCUT2D eigenvalue weighted by Crippen LogP contribution is -2.04. The van der Waals surface area contributed by atoms with Gasteiger partial charge in [0.15, 0.2) is 0 Å². The third-order valence-electron chi connectivity index (χ3n) is 8.77. The molecule has 0 aliphatic heterocycles. The van der Waals surface area contributed by atoms with E-state index in [0.29, 0.717) is 0 Å². The first-order valence-electron chi connectivity index (χ1n) is 16.7. The van der Waals surface area contributed by atoms with E-state index in [1.807, 2.05) is 24.3 Å². The van der Waals surface area contributed by atoms with E-state index in [1.54, 1.807) is 14.2 Å². The molecule has 0 saturated heterocycles. The predicted octanol–water partition coefficient (Wildman–Crippen LogP) is 11.1. The molecule has 0 bridgehead atoms. The normalized spacial score (nSPS) is 10.6. The largest absolute Gasteiger partial charge is 0.497 e. The molecule has 50 heavy (non-hydrogen) atoms. The highest BCUT2D eigenvalue weighted by Gasteiger charge is 2.21. The molecule has 0 fully saturated rings. The van der Waals surface area contributed by atoms with Gasteiger partial charge in [-0.05, 0) is 80.9 Å². The third-order valence-corrected chi connectivity index (χ3v) is 8.77. The van der Waals surface area contributed by atoms with Gasteiger partial charge in [-0.3, -0.25) is 0 Å². The molecule has 3 nitrogen and oxygen atoms in total. The average Bonchev–Trinajstić information content (AvgIpc) is 3.20. The van der Waals surface area contributed by atoms with Gasteiger partial charge >= 0.3 is 0 Å². The van der Waals surface area contributed by atoms with Crippen molar-refractivity contribution in [2.75, 3.05) is 14.2 Å². The van der Waals surface area contributed by atoms with E-state index >= 15 is 0 Å². The van der Waals surface area contributed by atoms with Gasteiger partial charge in [0.1, 0.15) is 11.5 Å². The smallest absolute Gasteiger partial charge is 0.118 e. The maximum absolute atomic E-state index is 5.58. The maximum atomic E-state index is 5.58. The summed E-state index contributed by atoms with van der Waals surface area (Å²) in [6.07, 6.45) is 0. The molecule has 242 valence electrons. The van der Waals surface area contributed by atoms with Gasteiger partial charge in [0.2, 0.25) is 0 Å². The predicted molar refractivity (Wildman–Crippen MR) is 206 cm³/mol. The van der Waals surface area contributed by atoms with Crippen LogP contribution < -0.4 is 9.47 Å². The Morgan fingerprint density at radius 2 is 0.580 bits per heavy atom. The molecule has 7 aromatic rings. The van der Waals surface area contributed by atoms with Crippen molar-refractivity contribution in [3.8, 4) is 11.5 Å². The fourth-order valence-corrected chi connectivity index (χ4v) is 6.40. The van der Waals surface area contributed by atoms with E-state index in [2.05, 4.69) is 164 Å². The topological polar surface area (TPSA) is 31.4 Å². The van der Waals surface area contributed by atoms with Crippen LogP contribution in [-0.2, 0) is 0 Å². The Bertz CT molecular complexity index is 1980. The van der Waals surface area contributed by atoms with Crippen molar-refractivity contribution in [1.29, 1.82) is 0 Å². The van der Waals surface area contributed by atoms with Crippen LogP contribution in [0.1, 0.15) is 44.8 Å². The summed E-state index contributed by atoms with van der Waals surface area (Å²) < 4.78 is 11.1. The number of pyridine rings is 1. The molecule has 3 heteroatoms. The van der Waals surface area contributed by atoms with E-state index in [4.69, 9.17) is 14.5 Å². The van der Waals surface area contributed by atoms with E-state index < -0.39 is 0 Å². The number of hydrogen-bond acceptors (Lipinski definition) is 3. The minimum absolute atomic E-state index is 0.802. The van der Waals surface area contributed by atoms with E-state index in [1.165, 1.54) is 0 Å². The Morgan fingerprint density at radius 1 is 0.300 bits per heavy atom. The van der Waals surface area contributed by atoms with Gasteiger partial charge in [0, 0.05) is 11.1 Å². The van der Waals surface area contributed by atoms with Gasteiger partial charge in [0.05, 0.1) is 25.6 Å². The minimum atomic E-state index is 0.802. The molecule has 6 aromatic carbocycles. The highest BCUT2D eigenvalue weighted by molar-refractivity contribution is 6.06. The Morgan fingerprint density at radius 3 is 0.860 bits per heavy atom. The number of rotatable bonds is 10. The van der Waals surface area contributed by atoms with Crippen LogP contribution in [0.2, 0.25) is 0 Å². The van der Waals surface area contributed by atoms with Gasteiger partial charge in [0.25, 0.3) is 0 Å². The van der Waals surface area contributed by atoms with Crippen molar-refractivity contribution in [2.24, 2.45) is 0 Å². The van der Waals surface area contributed by atoms with Crippen molar-refractivity contribution in [1.82, 2.24) is 4.98 Å². The summed E-state index contributed by atoms with van der Waals surface area (Å²) in [6, 6.07) is 65.1. The van der Waals surface area contributed by atoms with Gasteiger partial charge in [-0.15, -0.1) is 0 Å². The van der Waals surface area contributed by atoms with Crippen molar-refractivity contribution in [3.63, 3.8) is 0 Å². The van der Waals surface area contributed by atoms with Crippen molar-refractivity contribution < 1.29 is 9.47 Å². The second-order valence-corrected chi connectivity index (χ2v) is 11.8. The number of aromatic nitrogens is 1. The Labute approximate surface area is 294 Å². The summed E-state index contributed by atoms with van der Waals surface area (Å²) in [7, 11) is 3.39. The fourth-order valence-electron chi connectivity index (χ4n) is 6.40. The molecule has 0 N–H and O–H groups in total. The van der Waals surface area contributed by atoms with Crippen molar-refractivity contribution >= 4 is 22.3 Å². The Hall–Kier alpha value is -6.45. The third kappa shape index (κ3) is 6.89. The zero-order chi connectivity index (χ0) is 34.1. The van der Waals surface area contributed by atoms with Crippen LogP contribution in [0, 0.1) is 0 Å². The number of ether oxygens (including phenoxy) is 2. The lowest BCUT2D eigenvalue weighted by atomic mass is 9.86. The molecule has 0 atom stereocenters. The molecule has 0 saturated carbocycles. The first-order valence-corrected chi connectivity index (χ1v) is 16.7. The van der Waals surface area contributed by atoms with Crippen LogP contribution in [0.15, 0.2) is 188 Å². The Balaban J connectivity index is 1.56. The molecule has 1 aromatic heterocycles. The molecule has 0 spiro atoms. The summed E-state index contributed by atoms with van der Waals surface area (Å²) in [6.45, 7) is 0. The molecule has 1 heterocycles. The Kier molecular flexibility index (Phi) is 9.75. The summed E-state index contributed by atoms with van der Waals surface area (Å²) in [5, 5.41) is 0. The van der Waals surface area contributed by atoms with Gasteiger partial charge in [-0.1, -0.05) is 152 Å². The van der Waals surface area contributed by atoms with Crippen LogP contribution in [0.3, 0.4) is 0 Å². The summed E-state index contributed by atoms with van der Waals surface area (Å²) in [4.78, 5) is 5.58. The summed E-state index contributed by atoms with van der Waals surface area (Å²) in [5.41, 5.74) is 12.5. The molecular formula is C47H37NO2. The molecule has 0 radical (unpaired) electrons. The van der Waals surface area contributed by atoms with Gasteiger partial charge in [-0.25, -0.2) is 4.98 Å². The van der Waals surface area contributed by atoms with Gasteiger partial charge in [-0.2, -0.15) is 0 Å². The number of methoxy groups -OCH3 is 2. The van der Waals surface area contributed by atoms with Crippen molar-refractivity contribution in [3.05, 3.63) is 233 Å². The molecular weight excluding hydrogens is 611 g/mol. The molecule has 0 aliphatic carbocycles. The average molecular weight is 648 g/mol. The highest BCUT2D eigenvalue weighted by Crippen LogP contribution is 2.40. The van der Waals surface area contributed by atoms with Crippen LogP contribution in [0.5, 0.6) is 11.5 Å². The highest BCUT2D eigenvalue weighted by atomic mass is 16.5. The van der Waals surface area contributed by atoms with Crippen LogP contribution >= 0.6 is 0 Å². The molecule has 7 rings (SSSR count). The monoisotopic (exact) mass is 647 g/mol. The number of hydrogen-bond donors (Lipinski definition) is 0. The lowest BCUT2D eigenvalue weighted by molar-refractivity contribution is 0.414. The lowest BCUT2D eigenvalue weighted by Gasteiger charge is -2.20. The SMILES string of the molecule is COc1ccc(C(=C(c2ccccc2)c2ccccc2)c2cccc(C(=C(c3ccccc3)c3ccccc3)c3ccc(OC)cc3)n2)cc1. The van der Waals surface area contributed by atoms with Crippen LogP contribution in [0.4, 0.5) is 0 Å². The summed E-state index contributed by atoms with van der Waals surface area (Å²) >= 11 is 0. The molecule has 0 unspecified atom stereocenters. The molecule has 0 aliphatic rings. The van der Waals surface area contributed by atoms with E-state index in [-0.39, 0.29) is 0 Å². The fraction of sp³-hybridized carbons (Fsp3) is 0.0426.